The lowest BCUT2D eigenvalue weighted by molar-refractivity contribution is 0.0255. The Balaban J connectivity index is 1.38. The number of methoxy groups -OCH3 is 1. The summed E-state index contributed by atoms with van der Waals surface area (Å²) in [5, 5.41) is 22.6. The Kier molecular flexibility index (Phi) is 9.64. The number of rotatable bonds is 11. The van der Waals surface area contributed by atoms with Crippen molar-refractivity contribution in [1.82, 2.24) is 9.88 Å². The Morgan fingerprint density at radius 1 is 1.13 bits per heavy atom. The van der Waals surface area contributed by atoms with Crippen molar-refractivity contribution in [1.29, 1.82) is 0 Å². The van der Waals surface area contributed by atoms with Crippen LogP contribution >= 0.6 is 11.8 Å². The van der Waals surface area contributed by atoms with Gasteiger partial charge in [0.15, 0.2) is 0 Å². The monoisotopic (exact) mass is 563 g/mol. The van der Waals surface area contributed by atoms with Crippen molar-refractivity contribution in [3.05, 3.63) is 59.5 Å². The molecule has 1 atom stereocenters. The number of aliphatic hydroxyl groups is 2. The summed E-state index contributed by atoms with van der Waals surface area (Å²) in [5.41, 5.74) is 2.10. The predicted octanol–water partition coefficient (Wildman–Crippen LogP) is 5.41. The first-order valence-corrected chi connectivity index (χ1v) is 14.1. The minimum atomic E-state index is -0.925. The van der Waals surface area contributed by atoms with Crippen LogP contribution in [0.25, 0.3) is 10.9 Å². The number of fused-ring (bicyclic) bond motifs is 1. The number of likely N-dealkylation sites (tertiary alicyclic amines) is 1. The highest BCUT2D eigenvalue weighted by atomic mass is 32.2. The van der Waals surface area contributed by atoms with Gasteiger partial charge in [-0.3, -0.25) is 4.98 Å². The van der Waals surface area contributed by atoms with Crippen molar-refractivity contribution >= 4 is 28.4 Å². The fourth-order valence-corrected chi connectivity index (χ4v) is 6.23. The number of anilines is 1. The number of nitrogens with zero attached hydrogens (tertiary/aromatic N) is 3. The fraction of sp³-hybridized carbons (Fsp3) is 0.483. The summed E-state index contributed by atoms with van der Waals surface area (Å²) in [6, 6.07) is 7.02. The molecule has 0 bridgehead atoms. The van der Waals surface area contributed by atoms with Crippen molar-refractivity contribution in [3.63, 3.8) is 0 Å². The summed E-state index contributed by atoms with van der Waals surface area (Å²) < 4.78 is 46.4. The van der Waals surface area contributed by atoms with Crippen LogP contribution in [0, 0.1) is 22.9 Å². The minimum absolute atomic E-state index is 0.0275. The molecule has 0 amide bonds. The third-order valence-corrected chi connectivity index (χ3v) is 8.79. The van der Waals surface area contributed by atoms with Gasteiger partial charge in [-0.05, 0) is 62.4 Å². The molecule has 1 fully saturated rings. The van der Waals surface area contributed by atoms with E-state index in [1.54, 1.807) is 13.3 Å². The van der Waals surface area contributed by atoms with Crippen molar-refractivity contribution in [2.24, 2.45) is 5.41 Å². The number of hydrogen-bond acceptors (Lipinski definition) is 7. The summed E-state index contributed by atoms with van der Waals surface area (Å²) in [6.07, 6.45) is 3.67. The summed E-state index contributed by atoms with van der Waals surface area (Å²) in [6.45, 7) is 2.13. The van der Waals surface area contributed by atoms with E-state index in [0.29, 0.717) is 43.0 Å². The van der Waals surface area contributed by atoms with E-state index in [1.165, 1.54) is 0 Å². The number of aromatic nitrogens is 1. The zero-order chi connectivity index (χ0) is 28.2. The highest BCUT2D eigenvalue weighted by Crippen LogP contribution is 2.41. The number of aliphatic hydroxyl groups excluding tert-OH is 2. The van der Waals surface area contributed by atoms with Gasteiger partial charge in [0.1, 0.15) is 23.2 Å². The molecule has 212 valence electrons. The first-order valence-electron chi connectivity index (χ1n) is 13.1. The highest BCUT2D eigenvalue weighted by Gasteiger charge is 2.35. The summed E-state index contributed by atoms with van der Waals surface area (Å²) in [7, 11) is 5.44. The lowest BCUT2D eigenvalue weighted by Crippen LogP contribution is -2.43. The van der Waals surface area contributed by atoms with Gasteiger partial charge in [-0.1, -0.05) is 0 Å². The fourth-order valence-electron chi connectivity index (χ4n) is 5.28. The Morgan fingerprint density at radius 2 is 1.82 bits per heavy atom. The van der Waals surface area contributed by atoms with E-state index < -0.39 is 23.6 Å². The first-order chi connectivity index (χ1) is 18.7. The van der Waals surface area contributed by atoms with Gasteiger partial charge in [0, 0.05) is 56.1 Å². The Hall–Kier alpha value is -2.53. The third kappa shape index (κ3) is 6.80. The smallest absolute Gasteiger partial charge is 0.142 e. The normalized spacial score (nSPS) is 16.4. The minimum Gasteiger partial charge on any atom is -0.497 e. The molecule has 0 radical (unpaired) electrons. The number of pyridine rings is 1. The second kappa shape index (κ2) is 12.8. The Labute approximate surface area is 231 Å². The SMILES string of the molecule is COc1ccc2ncc(N(C)C)c([C@H](O)CCC3(CO)CCN(CCSc4c(F)cc(F)cc4F)CC3)c2c1. The van der Waals surface area contributed by atoms with Gasteiger partial charge in [-0.2, -0.15) is 0 Å². The molecule has 4 rings (SSSR count). The van der Waals surface area contributed by atoms with Crippen molar-refractivity contribution < 1.29 is 28.1 Å². The largest absolute Gasteiger partial charge is 0.497 e. The van der Waals surface area contributed by atoms with Gasteiger partial charge < -0.3 is 24.7 Å². The van der Waals surface area contributed by atoms with Crippen molar-refractivity contribution in [3.8, 4) is 5.75 Å². The van der Waals surface area contributed by atoms with Crippen LogP contribution in [0.15, 0.2) is 41.4 Å². The summed E-state index contributed by atoms with van der Waals surface area (Å²) >= 11 is 1.04. The number of thioether (sulfide) groups is 1. The van der Waals surface area contributed by atoms with E-state index in [0.717, 1.165) is 59.8 Å². The maximum atomic E-state index is 13.9. The van der Waals surface area contributed by atoms with E-state index in [2.05, 4.69) is 9.88 Å². The van der Waals surface area contributed by atoms with E-state index in [4.69, 9.17) is 4.74 Å². The lowest BCUT2D eigenvalue weighted by Gasteiger charge is -2.41. The molecule has 2 aromatic carbocycles. The molecule has 0 spiro atoms. The molecule has 1 aromatic heterocycles. The second-order valence-electron chi connectivity index (χ2n) is 10.4. The molecule has 0 unspecified atom stereocenters. The number of benzene rings is 2. The molecule has 2 heterocycles. The van der Waals surface area contributed by atoms with Gasteiger partial charge in [0.2, 0.25) is 0 Å². The Bertz CT molecular complexity index is 1260. The van der Waals surface area contributed by atoms with E-state index in [1.807, 2.05) is 37.2 Å². The number of piperidine rings is 1. The molecule has 3 aromatic rings. The van der Waals surface area contributed by atoms with Crippen LogP contribution in [0.5, 0.6) is 5.75 Å². The molecule has 0 aliphatic carbocycles. The average Bonchev–Trinajstić information content (AvgIpc) is 2.92. The van der Waals surface area contributed by atoms with Crippen LogP contribution in [0.3, 0.4) is 0 Å². The summed E-state index contributed by atoms with van der Waals surface area (Å²) in [5.74, 6) is -1.53. The third-order valence-electron chi connectivity index (χ3n) is 7.73. The molecule has 6 nitrogen and oxygen atoms in total. The first kappa shape index (κ1) is 29.5. The number of ether oxygens (including phenoxy) is 1. The standard InChI is InChI=1S/C29H36F3N3O3S/c1-34(2)25-17-33-24-5-4-20(38-3)16-21(24)27(25)26(37)6-7-29(18-36)8-10-35(11-9-29)12-13-39-28-22(31)14-19(30)15-23(28)32/h4-5,14-17,26,36-37H,6-13,18H2,1-3H3/t26-/m1/s1. The molecule has 39 heavy (non-hydrogen) atoms. The van der Waals surface area contributed by atoms with Crippen LogP contribution in [0.2, 0.25) is 0 Å². The molecule has 1 saturated heterocycles. The van der Waals surface area contributed by atoms with Gasteiger partial charge in [0.05, 0.1) is 35.5 Å². The molecule has 1 aliphatic rings. The molecule has 1 aliphatic heterocycles. The Morgan fingerprint density at radius 3 is 2.44 bits per heavy atom. The number of hydrogen-bond donors (Lipinski definition) is 2. The second-order valence-corrected chi connectivity index (χ2v) is 11.5. The van der Waals surface area contributed by atoms with Crippen LogP contribution in [-0.4, -0.2) is 73.3 Å². The molecular weight excluding hydrogens is 527 g/mol. The van der Waals surface area contributed by atoms with Crippen LogP contribution in [0.1, 0.15) is 37.4 Å². The van der Waals surface area contributed by atoms with E-state index >= 15 is 0 Å². The molecule has 2 N–H and O–H groups in total. The maximum Gasteiger partial charge on any atom is 0.142 e. The average molecular weight is 564 g/mol. The van der Waals surface area contributed by atoms with Crippen molar-refractivity contribution in [2.75, 3.05) is 58.1 Å². The maximum absolute atomic E-state index is 13.9. The van der Waals surface area contributed by atoms with E-state index in [9.17, 15) is 23.4 Å². The van der Waals surface area contributed by atoms with Crippen molar-refractivity contribution in [2.45, 2.75) is 36.7 Å². The zero-order valence-electron chi connectivity index (χ0n) is 22.6. The quantitative estimate of drug-likeness (QED) is 0.303. The van der Waals surface area contributed by atoms with Gasteiger partial charge in [-0.15, -0.1) is 11.8 Å². The predicted molar refractivity (Wildman–Crippen MR) is 149 cm³/mol. The lowest BCUT2D eigenvalue weighted by atomic mass is 9.74. The topological polar surface area (TPSA) is 69.1 Å². The molecule has 0 saturated carbocycles. The van der Waals surface area contributed by atoms with Crippen LogP contribution < -0.4 is 9.64 Å². The van der Waals surface area contributed by atoms with Crippen LogP contribution in [-0.2, 0) is 0 Å². The van der Waals surface area contributed by atoms with Crippen LogP contribution in [0.4, 0.5) is 18.9 Å². The van der Waals surface area contributed by atoms with Gasteiger partial charge >= 0.3 is 0 Å². The highest BCUT2D eigenvalue weighted by molar-refractivity contribution is 7.99. The van der Waals surface area contributed by atoms with Gasteiger partial charge in [-0.25, -0.2) is 13.2 Å². The molecular formula is C29H36F3N3O3S. The van der Waals surface area contributed by atoms with E-state index in [-0.39, 0.29) is 16.9 Å². The molecule has 10 heteroatoms. The zero-order valence-corrected chi connectivity index (χ0v) is 23.4. The van der Waals surface area contributed by atoms with Gasteiger partial charge in [0.25, 0.3) is 0 Å². The number of halogens is 3. The summed E-state index contributed by atoms with van der Waals surface area (Å²) in [4.78, 5) is 8.54.